The number of anilines is 2. The molecule has 226 valence electrons. The molecule has 3 N–H and O–H groups in total. The number of piperazine rings is 1. The first-order valence-electron chi connectivity index (χ1n) is 12.6. The Morgan fingerprint density at radius 1 is 0.951 bits per heavy atom. The second-order valence-electron chi connectivity index (χ2n) is 9.01. The molecule has 0 aromatic heterocycles. The third kappa shape index (κ3) is 10.6. The van der Waals surface area contributed by atoms with Crippen molar-refractivity contribution >= 4 is 39.2 Å². The molecule has 11 nitrogen and oxygen atoms in total. The highest BCUT2D eigenvalue weighted by Gasteiger charge is 2.38. The molecule has 2 aromatic rings. The molecule has 15 heteroatoms. The first kappa shape index (κ1) is 33.4. The summed E-state index contributed by atoms with van der Waals surface area (Å²) in [4.78, 5) is 39.1. The number of aromatic carboxylic acids is 1. The zero-order chi connectivity index (χ0) is 30.8. The van der Waals surface area contributed by atoms with Crippen LogP contribution in [-0.4, -0.2) is 98.3 Å². The van der Waals surface area contributed by atoms with E-state index in [0.29, 0.717) is 57.1 Å². The molecule has 2 aromatic carbocycles. The lowest BCUT2D eigenvalue weighted by Crippen LogP contribution is -2.50. The number of sulfonamides is 1. The van der Waals surface area contributed by atoms with Crippen molar-refractivity contribution in [2.75, 3.05) is 55.4 Å². The highest BCUT2D eigenvalue weighted by Crippen LogP contribution is 2.26. The number of benzene rings is 2. The number of hydrogen-bond acceptors (Lipinski definition) is 7. The maximum atomic E-state index is 12.6. The standard InChI is InChI=1S/C24H32N4O5S.C2HF3O2/c1-3-27(4-2)23(29)17-26-12-14-28(15-13-26)20-10-11-22(21(16-20)24(30)31)25-34(32,33)18-19-8-6-5-7-9-19;3-2(4,5)1(6)7/h5-11,16,25H,3-4,12-15,17-18H2,1-2H3,(H,30,31);(H,6,7). The van der Waals surface area contributed by atoms with Crippen LogP contribution in [0.15, 0.2) is 48.5 Å². The van der Waals surface area contributed by atoms with E-state index in [1.807, 2.05) is 23.6 Å². The summed E-state index contributed by atoms with van der Waals surface area (Å²) in [5.74, 6) is -4.10. The van der Waals surface area contributed by atoms with Gasteiger partial charge in [-0.05, 0) is 37.6 Å². The van der Waals surface area contributed by atoms with Gasteiger partial charge in [-0.15, -0.1) is 0 Å². The molecule has 1 aliphatic rings. The highest BCUT2D eigenvalue weighted by atomic mass is 32.2. The molecule has 1 aliphatic heterocycles. The van der Waals surface area contributed by atoms with Crippen LogP contribution >= 0.6 is 0 Å². The van der Waals surface area contributed by atoms with Gasteiger partial charge < -0.3 is 20.0 Å². The predicted octanol–water partition coefficient (Wildman–Crippen LogP) is 2.95. The van der Waals surface area contributed by atoms with Gasteiger partial charge in [-0.25, -0.2) is 18.0 Å². The van der Waals surface area contributed by atoms with Crippen LogP contribution in [0, 0.1) is 0 Å². The zero-order valence-corrected chi connectivity index (χ0v) is 23.4. The summed E-state index contributed by atoms with van der Waals surface area (Å²) >= 11 is 0. The second kappa shape index (κ2) is 14.7. The Labute approximate surface area is 236 Å². The van der Waals surface area contributed by atoms with E-state index < -0.39 is 28.1 Å². The van der Waals surface area contributed by atoms with Crippen LogP contribution in [0.1, 0.15) is 29.8 Å². The molecule has 0 spiro atoms. The minimum absolute atomic E-state index is 0.0376. The predicted molar refractivity (Wildman–Crippen MR) is 146 cm³/mol. The first-order chi connectivity index (χ1) is 19.2. The van der Waals surface area contributed by atoms with Crippen molar-refractivity contribution in [2.24, 2.45) is 0 Å². The molecule has 0 atom stereocenters. The Morgan fingerprint density at radius 3 is 2.00 bits per heavy atom. The number of aliphatic carboxylic acids is 1. The number of likely N-dealkylation sites (N-methyl/N-ethyl adjacent to an activating group) is 1. The molecule has 0 bridgehead atoms. The van der Waals surface area contributed by atoms with E-state index >= 15 is 0 Å². The minimum atomic E-state index is -5.08. The van der Waals surface area contributed by atoms with Gasteiger partial charge in [0.05, 0.1) is 23.5 Å². The Bertz CT molecular complexity index is 1300. The van der Waals surface area contributed by atoms with Gasteiger partial charge in [-0.2, -0.15) is 13.2 Å². The molecule has 1 amide bonds. The number of carboxylic acids is 2. The van der Waals surface area contributed by atoms with Gasteiger partial charge in [-0.1, -0.05) is 30.3 Å². The van der Waals surface area contributed by atoms with Gasteiger partial charge >= 0.3 is 18.1 Å². The summed E-state index contributed by atoms with van der Waals surface area (Å²) < 4.78 is 59.3. The smallest absolute Gasteiger partial charge is 0.478 e. The molecule has 1 saturated heterocycles. The number of carbonyl (C=O) groups is 3. The number of alkyl halides is 3. The summed E-state index contributed by atoms with van der Waals surface area (Å²) in [6.45, 7) is 8.33. The van der Waals surface area contributed by atoms with Crippen molar-refractivity contribution < 1.29 is 46.2 Å². The Morgan fingerprint density at radius 2 is 1.51 bits per heavy atom. The Balaban J connectivity index is 0.000000745. The van der Waals surface area contributed by atoms with E-state index in [4.69, 9.17) is 9.90 Å². The topological polar surface area (TPSA) is 148 Å². The van der Waals surface area contributed by atoms with Crippen molar-refractivity contribution in [3.05, 3.63) is 59.7 Å². The number of rotatable bonds is 10. The third-order valence-corrected chi connectivity index (χ3v) is 7.40. The van der Waals surface area contributed by atoms with Gasteiger partial charge in [0.2, 0.25) is 15.9 Å². The molecule has 41 heavy (non-hydrogen) atoms. The minimum Gasteiger partial charge on any atom is -0.478 e. The molecular formula is C26H33F3N4O7S. The SMILES string of the molecule is CCN(CC)C(=O)CN1CCN(c2ccc(NS(=O)(=O)Cc3ccccc3)c(C(=O)O)c2)CC1.O=C(O)C(F)(F)F. The number of carbonyl (C=O) groups excluding carboxylic acids is 1. The van der Waals surface area contributed by atoms with E-state index in [-0.39, 0.29) is 22.9 Å². The van der Waals surface area contributed by atoms with E-state index in [0.717, 1.165) is 0 Å². The van der Waals surface area contributed by atoms with Crippen LogP contribution in [-0.2, 0) is 25.4 Å². The molecule has 0 saturated carbocycles. The van der Waals surface area contributed by atoms with Crippen LogP contribution in [0.3, 0.4) is 0 Å². The van der Waals surface area contributed by atoms with Crippen molar-refractivity contribution in [2.45, 2.75) is 25.8 Å². The summed E-state index contributed by atoms with van der Waals surface area (Å²) in [7, 11) is -3.78. The van der Waals surface area contributed by atoms with E-state index in [2.05, 4.69) is 9.62 Å². The lowest BCUT2D eigenvalue weighted by Gasteiger charge is -2.36. The third-order valence-electron chi connectivity index (χ3n) is 6.15. The average molecular weight is 603 g/mol. The van der Waals surface area contributed by atoms with Crippen LogP contribution in [0.4, 0.5) is 24.5 Å². The molecule has 1 heterocycles. The summed E-state index contributed by atoms with van der Waals surface area (Å²) in [6, 6.07) is 13.4. The molecule has 3 rings (SSSR count). The van der Waals surface area contributed by atoms with Crippen molar-refractivity contribution in [3.63, 3.8) is 0 Å². The van der Waals surface area contributed by atoms with Gasteiger partial charge in [0.15, 0.2) is 0 Å². The van der Waals surface area contributed by atoms with Crippen LogP contribution in [0.5, 0.6) is 0 Å². The van der Waals surface area contributed by atoms with Crippen LogP contribution in [0.2, 0.25) is 0 Å². The fraction of sp³-hybridized carbons (Fsp3) is 0.423. The van der Waals surface area contributed by atoms with Crippen molar-refractivity contribution in [1.82, 2.24) is 9.80 Å². The number of amides is 1. The molecular weight excluding hydrogens is 569 g/mol. The fourth-order valence-corrected chi connectivity index (χ4v) is 5.24. The average Bonchev–Trinajstić information content (AvgIpc) is 2.90. The number of nitrogens with zero attached hydrogens (tertiary/aromatic N) is 3. The van der Waals surface area contributed by atoms with E-state index in [1.165, 1.54) is 12.1 Å². The first-order valence-corrected chi connectivity index (χ1v) is 14.3. The Hall–Kier alpha value is -3.85. The molecule has 0 unspecified atom stereocenters. The molecule has 0 radical (unpaired) electrons. The summed E-state index contributed by atoms with van der Waals surface area (Å²) in [5, 5.41) is 16.8. The number of halogens is 3. The number of nitrogens with one attached hydrogen (secondary N) is 1. The number of hydrogen-bond donors (Lipinski definition) is 3. The fourth-order valence-electron chi connectivity index (χ4n) is 4.02. The van der Waals surface area contributed by atoms with E-state index in [9.17, 15) is 36.3 Å². The maximum absolute atomic E-state index is 12.6. The normalized spacial score (nSPS) is 14.0. The van der Waals surface area contributed by atoms with Crippen molar-refractivity contribution in [1.29, 1.82) is 0 Å². The quantitative estimate of drug-likeness (QED) is 0.373. The van der Waals surface area contributed by atoms with Gasteiger partial charge in [0, 0.05) is 45.0 Å². The van der Waals surface area contributed by atoms with Gasteiger partial charge in [0.25, 0.3) is 0 Å². The van der Waals surface area contributed by atoms with Gasteiger partial charge in [0.1, 0.15) is 0 Å². The summed E-state index contributed by atoms with van der Waals surface area (Å²) in [5.41, 5.74) is 1.25. The highest BCUT2D eigenvalue weighted by molar-refractivity contribution is 7.91. The monoisotopic (exact) mass is 602 g/mol. The Kier molecular flexibility index (Phi) is 11.9. The van der Waals surface area contributed by atoms with E-state index in [1.54, 1.807) is 36.4 Å². The molecule has 0 aliphatic carbocycles. The summed E-state index contributed by atoms with van der Waals surface area (Å²) in [6.07, 6.45) is -5.08. The largest absolute Gasteiger partial charge is 0.490 e. The van der Waals surface area contributed by atoms with Gasteiger partial charge in [-0.3, -0.25) is 14.4 Å². The van der Waals surface area contributed by atoms with Crippen molar-refractivity contribution in [3.8, 4) is 0 Å². The zero-order valence-electron chi connectivity index (χ0n) is 22.6. The maximum Gasteiger partial charge on any atom is 0.490 e. The van der Waals surface area contributed by atoms with Crippen LogP contribution < -0.4 is 9.62 Å². The lowest BCUT2D eigenvalue weighted by atomic mass is 10.1. The van der Waals surface area contributed by atoms with Crippen LogP contribution in [0.25, 0.3) is 0 Å². The molecule has 1 fully saturated rings. The lowest BCUT2D eigenvalue weighted by molar-refractivity contribution is -0.192. The second-order valence-corrected chi connectivity index (χ2v) is 10.7. The number of carboxylic acid groups (broad SMARTS) is 2.